The SMILES string of the molecule is N#CCn1cnc2c(nnn2-c2ccc(F)cc2F)c1=O. The van der Waals surface area contributed by atoms with Crippen LogP contribution in [0.1, 0.15) is 0 Å². The predicted molar refractivity (Wildman–Crippen MR) is 66.4 cm³/mol. The molecule has 2 aromatic heterocycles. The van der Waals surface area contributed by atoms with Gasteiger partial charge in [-0.3, -0.25) is 9.36 Å². The first-order valence-electron chi connectivity index (χ1n) is 5.75. The van der Waals surface area contributed by atoms with Crippen molar-refractivity contribution < 1.29 is 8.78 Å². The summed E-state index contributed by atoms with van der Waals surface area (Å²) in [7, 11) is 0. The van der Waals surface area contributed by atoms with Crippen molar-refractivity contribution in [2.24, 2.45) is 0 Å². The lowest BCUT2D eigenvalue weighted by Crippen LogP contribution is -2.20. The lowest BCUT2D eigenvalue weighted by Gasteiger charge is -2.03. The normalized spacial score (nSPS) is 10.7. The van der Waals surface area contributed by atoms with E-state index in [9.17, 15) is 13.6 Å². The van der Waals surface area contributed by atoms with E-state index in [2.05, 4.69) is 15.3 Å². The summed E-state index contributed by atoms with van der Waals surface area (Å²) >= 11 is 0. The summed E-state index contributed by atoms with van der Waals surface area (Å²) < 4.78 is 28.7. The van der Waals surface area contributed by atoms with Crippen LogP contribution in [0.15, 0.2) is 29.3 Å². The van der Waals surface area contributed by atoms with Crippen molar-refractivity contribution in [2.75, 3.05) is 0 Å². The molecule has 0 aliphatic rings. The van der Waals surface area contributed by atoms with Gasteiger partial charge in [0.2, 0.25) is 0 Å². The number of nitrogens with zero attached hydrogens (tertiary/aromatic N) is 6. The Morgan fingerprint density at radius 2 is 2.14 bits per heavy atom. The van der Waals surface area contributed by atoms with Gasteiger partial charge in [-0.05, 0) is 12.1 Å². The number of fused-ring (bicyclic) bond motifs is 1. The van der Waals surface area contributed by atoms with Gasteiger partial charge in [0.25, 0.3) is 5.56 Å². The molecule has 3 aromatic rings. The molecule has 9 heteroatoms. The standard InChI is InChI=1S/C12H6F2N6O/c13-7-1-2-9(8(14)5-7)20-11-10(17-18-20)12(21)19(4-3-15)6-16-11/h1-2,5-6H,4H2. The molecule has 0 N–H and O–H groups in total. The topological polar surface area (TPSA) is 89.4 Å². The molecule has 0 saturated carbocycles. The molecule has 3 rings (SSSR count). The maximum Gasteiger partial charge on any atom is 0.284 e. The summed E-state index contributed by atoms with van der Waals surface area (Å²) in [6.45, 7) is -0.181. The van der Waals surface area contributed by atoms with E-state index in [-0.39, 0.29) is 23.4 Å². The molecule has 0 bridgehead atoms. The maximum atomic E-state index is 13.8. The second kappa shape index (κ2) is 4.75. The van der Waals surface area contributed by atoms with Crippen molar-refractivity contribution in [3.05, 3.63) is 46.5 Å². The second-order valence-corrected chi connectivity index (χ2v) is 4.10. The number of rotatable bonds is 2. The van der Waals surface area contributed by atoms with E-state index in [0.29, 0.717) is 6.07 Å². The van der Waals surface area contributed by atoms with Crippen molar-refractivity contribution >= 4 is 11.2 Å². The Hall–Kier alpha value is -3.15. The van der Waals surface area contributed by atoms with Crippen molar-refractivity contribution in [1.29, 1.82) is 5.26 Å². The average molecular weight is 288 g/mol. The van der Waals surface area contributed by atoms with Crippen LogP contribution in [0.25, 0.3) is 16.9 Å². The van der Waals surface area contributed by atoms with Gasteiger partial charge < -0.3 is 0 Å². The number of hydrogen-bond donors (Lipinski definition) is 0. The minimum Gasteiger partial charge on any atom is -0.283 e. The Bertz CT molecular complexity index is 939. The van der Waals surface area contributed by atoms with E-state index in [0.717, 1.165) is 21.6 Å². The molecule has 0 unspecified atom stereocenters. The molecule has 0 spiro atoms. The third kappa shape index (κ3) is 2.02. The van der Waals surface area contributed by atoms with Crippen molar-refractivity contribution in [2.45, 2.75) is 6.54 Å². The average Bonchev–Trinajstić information content (AvgIpc) is 2.87. The van der Waals surface area contributed by atoms with Crippen LogP contribution in [-0.2, 0) is 6.54 Å². The van der Waals surface area contributed by atoms with Crippen molar-refractivity contribution in [1.82, 2.24) is 24.5 Å². The Morgan fingerprint density at radius 3 is 2.86 bits per heavy atom. The minimum atomic E-state index is -0.857. The van der Waals surface area contributed by atoms with Crippen molar-refractivity contribution in [3.8, 4) is 11.8 Å². The summed E-state index contributed by atoms with van der Waals surface area (Å²) in [5.41, 5.74) is -0.713. The van der Waals surface area contributed by atoms with E-state index in [1.54, 1.807) is 0 Å². The third-order valence-electron chi connectivity index (χ3n) is 2.81. The van der Waals surface area contributed by atoms with Gasteiger partial charge in [-0.2, -0.15) is 9.94 Å². The van der Waals surface area contributed by atoms with Gasteiger partial charge in [-0.1, -0.05) is 5.21 Å². The lowest BCUT2D eigenvalue weighted by atomic mass is 10.3. The molecule has 7 nitrogen and oxygen atoms in total. The summed E-state index contributed by atoms with van der Waals surface area (Å²) in [4.78, 5) is 16.0. The van der Waals surface area contributed by atoms with Gasteiger partial charge in [0, 0.05) is 6.07 Å². The molecule has 0 aliphatic carbocycles. The van der Waals surface area contributed by atoms with Crippen molar-refractivity contribution in [3.63, 3.8) is 0 Å². The number of benzene rings is 1. The van der Waals surface area contributed by atoms with Gasteiger partial charge in [0.15, 0.2) is 17.0 Å². The smallest absolute Gasteiger partial charge is 0.283 e. The summed E-state index contributed by atoms with van der Waals surface area (Å²) in [6.07, 6.45) is 1.15. The summed E-state index contributed by atoms with van der Waals surface area (Å²) in [6, 6.07) is 4.73. The maximum absolute atomic E-state index is 13.8. The second-order valence-electron chi connectivity index (χ2n) is 4.10. The van der Waals surface area contributed by atoms with Crippen LogP contribution >= 0.6 is 0 Å². The fourth-order valence-corrected chi connectivity index (χ4v) is 1.85. The molecule has 0 amide bonds. The van der Waals surface area contributed by atoms with Gasteiger partial charge in [0.1, 0.15) is 24.4 Å². The van der Waals surface area contributed by atoms with Crippen LogP contribution in [-0.4, -0.2) is 24.5 Å². The molecular weight excluding hydrogens is 282 g/mol. The Morgan fingerprint density at radius 1 is 1.33 bits per heavy atom. The molecule has 0 saturated heterocycles. The number of nitriles is 1. The van der Waals surface area contributed by atoms with Crippen LogP contribution in [0, 0.1) is 23.0 Å². The largest absolute Gasteiger partial charge is 0.284 e. The zero-order chi connectivity index (χ0) is 15.0. The minimum absolute atomic E-state index is 0.0275. The van der Waals surface area contributed by atoms with E-state index in [1.165, 1.54) is 6.07 Å². The predicted octanol–water partition coefficient (Wildman–Crippen LogP) is 0.779. The van der Waals surface area contributed by atoms with E-state index in [4.69, 9.17) is 5.26 Å². The molecule has 0 aliphatic heterocycles. The van der Waals surface area contributed by atoms with E-state index >= 15 is 0 Å². The fraction of sp³-hybridized carbons (Fsp3) is 0.0833. The highest BCUT2D eigenvalue weighted by Gasteiger charge is 2.15. The summed E-state index contributed by atoms with van der Waals surface area (Å²) in [5, 5.41) is 15.9. The summed E-state index contributed by atoms with van der Waals surface area (Å²) in [5.74, 6) is -1.59. The molecule has 0 fully saturated rings. The van der Waals surface area contributed by atoms with Crippen LogP contribution < -0.4 is 5.56 Å². The van der Waals surface area contributed by atoms with Gasteiger partial charge in [0.05, 0.1) is 6.07 Å². The van der Waals surface area contributed by atoms with Crippen LogP contribution in [0.5, 0.6) is 0 Å². The fourth-order valence-electron chi connectivity index (χ4n) is 1.85. The first-order chi connectivity index (χ1) is 10.1. The number of hydrogen-bond acceptors (Lipinski definition) is 5. The first-order valence-corrected chi connectivity index (χ1v) is 5.75. The highest BCUT2D eigenvalue weighted by atomic mass is 19.1. The number of halogens is 2. The van der Waals surface area contributed by atoms with Gasteiger partial charge in [-0.25, -0.2) is 13.8 Å². The molecular formula is C12H6F2N6O. The van der Waals surface area contributed by atoms with E-state index < -0.39 is 17.2 Å². The molecule has 0 radical (unpaired) electrons. The van der Waals surface area contributed by atoms with Crippen LogP contribution in [0.3, 0.4) is 0 Å². The molecule has 21 heavy (non-hydrogen) atoms. The van der Waals surface area contributed by atoms with E-state index in [1.807, 2.05) is 6.07 Å². The monoisotopic (exact) mass is 288 g/mol. The third-order valence-corrected chi connectivity index (χ3v) is 2.81. The zero-order valence-electron chi connectivity index (χ0n) is 10.4. The zero-order valence-corrected chi connectivity index (χ0v) is 10.4. The Labute approximate surface area is 115 Å². The van der Waals surface area contributed by atoms with Gasteiger partial charge >= 0.3 is 0 Å². The highest BCUT2D eigenvalue weighted by molar-refractivity contribution is 5.70. The molecule has 104 valence electrons. The highest BCUT2D eigenvalue weighted by Crippen LogP contribution is 2.16. The van der Waals surface area contributed by atoms with Crippen LogP contribution in [0.4, 0.5) is 8.78 Å². The lowest BCUT2D eigenvalue weighted by molar-refractivity contribution is 0.573. The Kier molecular flexibility index (Phi) is 2.91. The molecule has 0 atom stereocenters. The number of aromatic nitrogens is 5. The van der Waals surface area contributed by atoms with Gasteiger partial charge in [-0.15, -0.1) is 5.10 Å². The molecule has 1 aromatic carbocycles. The van der Waals surface area contributed by atoms with Crippen LogP contribution in [0.2, 0.25) is 0 Å². The molecule has 2 heterocycles. The Balaban J connectivity index is 2.24. The quantitative estimate of drug-likeness (QED) is 0.695. The first kappa shape index (κ1) is 12.9.